The molecule has 0 saturated heterocycles. The van der Waals surface area contributed by atoms with E-state index >= 15 is 0 Å². The van der Waals surface area contributed by atoms with Gasteiger partial charge in [-0.15, -0.1) is 13.2 Å². The molecule has 0 bridgehead atoms. The number of halogens is 5. The number of alkyl halides is 5. The quantitative estimate of drug-likeness (QED) is 0.480. The summed E-state index contributed by atoms with van der Waals surface area (Å²) < 4.78 is 66.6. The standard InChI is InChI=1S/C8H4F5NO4/c9-7(10)17-5-1-4(14(15)16)2-6(3-5)18-8(11,12)13/h1-3,7H. The maximum atomic E-state index is 11.9. The van der Waals surface area contributed by atoms with Gasteiger partial charge in [0.25, 0.3) is 5.69 Å². The summed E-state index contributed by atoms with van der Waals surface area (Å²) in [5.41, 5.74) is -0.868. The van der Waals surface area contributed by atoms with E-state index in [0.29, 0.717) is 18.2 Å². The van der Waals surface area contributed by atoms with Crippen molar-refractivity contribution in [2.75, 3.05) is 0 Å². The zero-order valence-corrected chi connectivity index (χ0v) is 8.28. The van der Waals surface area contributed by atoms with Crippen LogP contribution in [-0.4, -0.2) is 17.9 Å². The first-order valence-corrected chi connectivity index (χ1v) is 4.17. The summed E-state index contributed by atoms with van der Waals surface area (Å²) in [6.07, 6.45) is -5.10. The van der Waals surface area contributed by atoms with Crippen LogP contribution in [0.3, 0.4) is 0 Å². The number of hydrogen-bond donors (Lipinski definition) is 0. The van der Waals surface area contributed by atoms with Gasteiger partial charge in [0.15, 0.2) is 0 Å². The van der Waals surface area contributed by atoms with E-state index in [1.165, 1.54) is 0 Å². The molecule has 10 heteroatoms. The third-order valence-corrected chi connectivity index (χ3v) is 1.53. The van der Waals surface area contributed by atoms with E-state index < -0.39 is 35.1 Å². The van der Waals surface area contributed by atoms with Gasteiger partial charge in [0, 0.05) is 6.07 Å². The molecule has 0 atom stereocenters. The smallest absolute Gasteiger partial charge is 0.434 e. The summed E-state index contributed by atoms with van der Waals surface area (Å²) >= 11 is 0. The van der Waals surface area contributed by atoms with Crippen LogP contribution in [0.4, 0.5) is 27.6 Å². The van der Waals surface area contributed by atoms with E-state index in [4.69, 9.17) is 0 Å². The average molecular weight is 273 g/mol. The Labute approximate surface area is 95.9 Å². The Kier molecular flexibility index (Phi) is 3.89. The van der Waals surface area contributed by atoms with E-state index in [1.54, 1.807) is 0 Å². The predicted molar refractivity (Wildman–Crippen MR) is 46.4 cm³/mol. The lowest BCUT2D eigenvalue weighted by Crippen LogP contribution is -2.17. The normalized spacial score (nSPS) is 11.4. The van der Waals surface area contributed by atoms with Crippen molar-refractivity contribution in [2.45, 2.75) is 13.0 Å². The molecule has 5 nitrogen and oxygen atoms in total. The average Bonchev–Trinajstić information content (AvgIpc) is 2.12. The monoisotopic (exact) mass is 273 g/mol. The van der Waals surface area contributed by atoms with Crippen LogP contribution in [-0.2, 0) is 0 Å². The van der Waals surface area contributed by atoms with Crippen LogP contribution in [0.2, 0.25) is 0 Å². The molecule has 0 aliphatic rings. The maximum absolute atomic E-state index is 11.9. The number of non-ortho nitro benzene ring substituents is 1. The van der Waals surface area contributed by atoms with Crippen LogP contribution in [0.1, 0.15) is 0 Å². The van der Waals surface area contributed by atoms with Gasteiger partial charge in [-0.25, -0.2) is 0 Å². The number of nitrogens with zero attached hydrogens (tertiary/aromatic N) is 1. The fourth-order valence-corrected chi connectivity index (χ4v) is 1.03. The molecule has 0 spiro atoms. The van der Waals surface area contributed by atoms with E-state index in [1.807, 2.05) is 0 Å². The number of rotatable bonds is 4. The van der Waals surface area contributed by atoms with Gasteiger partial charge in [-0.05, 0) is 0 Å². The van der Waals surface area contributed by atoms with Crippen LogP contribution in [0.15, 0.2) is 18.2 Å². The molecule has 1 rings (SSSR count). The molecule has 0 saturated carbocycles. The molecule has 0 aromatic heterocycles. The molecule has 0 fully saturated rings. The van der Waals surface area contributed by atoms with Crippen LogP contribution < -0.4 is 9.47 Å². The second-order valence-corrected chi connectivity index (χ2v) is 2.85. The minimum atomic E-state index is -5.10. The molecule has 0 aliphatic heterocycles. The van der Waals surface area contributed by atoms with E-state index in [-0.39, 0.29) is 0 Å². The van der Waals surface area contributed by atoms with Crippen LogP contribution in [0, 0.1) is 10.1 Å². The second kappa shape index (κ2) is 5.02. The molecule has 1 aromatic rings. The third-order valence-electron chi connectivity index (χ3n) is 1.53. The van der Waals surface area contributed by atoms with Gasteiger partial charge in [-0.2, -0.15) is 8.78 Å². The van der Waals surface area contributed by atoms with Gasteiger partial charge in [-0.3, -0.25) is 10.1 Å². The molecular weight excluding hydrogens is 269 g/mol. The molecule has 0 amide bonds. The summed E-state index contributed by atoms with van der Waals surface area (Å²) in [5.74, 6) is -1.83. The number of benzene rings is 1. The van der Waals surface area contributed by atoms with E-state index in [2.05, 4.69) is 9.47 Å². The van der Waals surface area contributed by atoms with Crippen molar-refractivity contribution in [2.24, 2.45) is 0 Å². The largest absolute Gasteiger partial charge is 0.573 e. The van der Waals surface area contributed by atoms with Crippen LogP contribution in [0.5, 0.6) is 11.5 Å². The number of nitro benzene ring substituents is 1. The first kappa shape index (κ1) is 13.9. The predicted octanol–water partition coefficient (Wildman–Crippen LogP) is 3.09. The van der Waals surface area contributed by atoms with Gasteiger partial charge >= 0.3 is 13.0 Å². The Balaban J connectivity index is 3.10. The SMILES string of the molecule is O=[N+]([O-])c1cc(OC(F)F)cc(OC(F)(F)F)c1. The Hall–Kier alpha value is -2.13. The van der Waals surface area contributed by atoms with Crippen LogP contribution >= 0.6 is 0 Å². The highest BCUT2D eigenvalue weighted by Crippen LogP contribution is 2.31. The topological polar surface area (TPSA) is 61.6 Å². The number of hydrogen-bond acceptors (Lipinski definition) is 4. The number of nitro groups is 1. The molecule has 0 heterocycles. The number of ether oxygens (including phenoxy) is 2. The summed E-state index contributed by atoms with van der Waals surface area (Å²) in [7, 11) is 0. The second-order valence-electron chi connectivity index (χ2n) is 2.85. The van der Waals surface area contributed by atoms with Gasteiger partial charge in [-0.1, -0.05) is 0 Å². The zero-order chi connectivity index (χ0) is 13.9. The summed E-state index contributed by atoms with van der Waals surface area (Å²) in [6, 6.07) is 1.45. The summed E-state index contributed by atoms with van der Waals surface area (Å²) in [6.45, 7) is -3.33. The molecule has 0 aliphatic carbocycles. The minimum Gasteiger partial charge on any atom is -0.434 e. The fourth-order valence-electron chi connectivity index (χ4n) is 1.03. The van der Waals surface area contributed by atoms with Gasteiger partial charge in [0.05, 0.1) is 17.1 Å². The highest BCUT2D eigenvalue weighted by molar-refractivity contribution is 5.46. The molecule has 0 radical (unpaired) electrons. The van der Waals surface area contributed by atoms with Gasteiger partial charge < -0.3 is 9.47 Å². The first-order chi connectivity index (χ1) is 8.17. The molecule has 0 unspecified atom stereocenters. The lowest BCUT2D eigenvalue weighted by Gasteiger charge is -2.10. The maximum Gasteiger partial charge on any atom is 0.573 e. The molecule has 1 aromatic carbocycles. The van der Waals surface area contributed by atoms with E-state index in [9.17, 15) is 32.1 Å². The zero-order valence-electron chi connectivity index (χ0n) is 8.28. The van der Waals surface area contributed by atoms with Gasteiger partial charge in [0.2, 0.25) is 0 Å². The summed E-state index contributed by atoms with van der Waals surface area (Å²) in [4.78, 5) is 9.31. The van der Waals surface area contributed by atoms with Crippen molar-refractivity contribution in [3.63, 3.8) is 0 Å². The highest BCUT2D eigenvalue weighted by atomic mass is 19.4. The Morgan fingerprint density at radius 3 is 2.17 bits per heavy atom. The lowest BCUT2D eigenvalue weighted by molar-refractivity contribution is -0.385. The highest BCUT2D eigenvalue weighted by Gasteiger charge is 2.32. The lowest BCUT2D eigenvalue weighted by atomic mass is 10.3. The van der Waals surface area contributed by atoms with Gasteiger partial charge in [0.1, 0.15) is 11.5 Å². The van der Waals surface area contributed by atoms with Crippen molar-refractivity contribution in [1.82, 2.24) is 0 Å². The van der Waals surface area contributed by atoms with Crippen molar-refractivity contribution < 1.29 is 36.3 Å². The summed E-state index contributed by atoms with van der Waals surface area (Å²) in [5, 5.41) is 10.4. The van der Waals surface area contributed by atoms with Crippen molar-refractivity contribution >= 4 is 5.69 Å². The molecular formula is C8H4F5NO4. The van der Waals surface area contributed by atoms with Crippen LogP contribution in [0.25, 0.3) is 0 Å². The Bertz CT molecular complexity index is 448. The molecule has 18 heavy (non-hydrogen) atoms. The van der Waals surface area contributed by atoms with E-state index in [0.717, 1.165) is 0 Å². The Morgan fingerprint density at radius 2 is 1.72 bits per heavy atom. The third kappa shape index (κ3) is 4.39. The van der Waals surface area contributed by atoms with Crippen molar-refractivity contribution in [1.29, 1.82) is 0 Å². The fraction of sp³-hybridized carbons (Fsp3) is 0.250. The van der Waals surface area contributed by atoms with Crippen molar-refractivity contribution in [3.8, 4) is 11.5 Å². The minimum absolute atomic E-state index is 0.436. The molecule has 100 valence electrons. The first-order valence-electron chi connectivity index (χ1n) is 4.17. The molecule has 0 N–H and O–H groups in total. The van der Waals surface area contributed by atoms with Crippen molar-refractivity contribution in [3.05, 3.63) is 28.3 Å². The Morgan fingerprint density at radius 1 is 1.17 bits per heavy atom.